The summed E-state index contributed by atoms with van der Waals surface area (Å²) >= 11 is 0. The van der Waals surface area contributed by atoms with Crippen LogP contribution in [0.4, 0.5) is 5.69 Å². The van der Waals surface area contributed by atoms with Crippen molar-refractivity contribution in [1.29, 1.82) is 0 Å². The van der Waals surface area contributed by atoms with Crippen LogP contribution in [-0.4, -0.2) is 65.8 Å². The Morgan fingerprint density at radius 2 is 1.69 bits per heavy atom. The molecule has 0 spiro atoms. The first-order valence-electron chi connectivity index (χ1n) is 11.0. The lowest BCUT2D eigenvalue weighted by Crippen LogP contribution is -2.39. The average Bonchev–Trinajstić information content (AvgIpc) is 3.38. The minimum atomic E-state index is -1.82. The molecule has 2 heterocycles. The number of nitrogens with one attached hydrogen (secondary N) is 2. The Morgan fingerprint density at radius 1 is 1.06 bits per heavy atom. The molecule has 0 radical (unpaired) electrons. The number of amides is 2. The van der Waals surface area contributed by atoms with Gasteiger partial charge < -0.3 is 30.0 Å². The number of aromatic nitrogens is 1. The van der Waals surface area contributed by atoms with Gasteiger partial charge in [0.15, 0.2) is 0 Å². The number of hydrogen-bond donors (Lipinski definition) is 4. The highest BCUT2D eigenvalue weighted by Gasteiger charge is 2.39. The van der Waals surface area contributed by atoms with Crippen molar-refractivity contribution in [2.24, 2.45) is 0 Å². The van der Waals surface area contributed by atoms with E-state index in [2.05, 4.69) is 35.4 Å². The SMILES string of the molecule is COc1cc(OC)cc(N2C(=O)CC(NCCc3c[nH]c4ccc(C)cc34)C2=O)c1.O=C(O)C(=O)O. The van der Waals surface area contributed by atoms with Gasteiger partial charge in [-0.3, -0.25) is 9.59 Å². The molecule has 4 rings (SSSR count). The molecule has 1 atom stereocenters. The highest BCUT2D eigenvalue weighted by atomic mass is 16.5. The molecule has 4 N–H and O–H groups in total. The van der Waals surface area contributed by atoms with E-state index >= 15 is 0 Å². The Kier molecular flexibility index (Phi) is 8.28. The quantitative estimate of drug-likeness (QED) is 0.283. The standard InChI is InChI=1S/C23H25N3O4.C2H2O4/c1-14-4-5-20-19(8-14)15(13-25-20)6-7-24-21-12-22(27)26(23(21)28)16-9-17(29-2)11-18(10-16)30-3;3-1(4)2(5)6/h4-5,8-11,13,21,24-25H,6-7,12H2,1-3H3;(H,3,4)(H,5,6). The number of imide groups is 1. The summed E-state index contributed by atoms with van der Waals surface area (Å²) in [4.78, 5) is 48.2. The monoisotopic (exact) mass is 497 g/mol. The highest BCUT2D eigenvalue weighted by molar-refractivity contribution is 6.27. The fourth-order valence-corrected chi connectivity index (χ4v) is 3.86. The van der Waals surface area contributed by atoms with Crippen molar-refractivity contribution < 1.29 is 38.9 Å². The molecule has 1 saturated heterocycles. The predicted octanol–water partition coefficient (Wildman–Crippen LogP) is 2.11. The molecule has 2 aromatic carbocycles. The number of carboxylic acid groups (broad SMARTS) is 2. The average molecular weight is 498 g/mol. The van der Waals surface area contributed by atoms with Gasteiger partial charge in [-0.05, 0) is 31.0 Å². The normalized spacial score (nSPS) is 15.0. The Balaban J connectivity index is 0.000000538. The summed E-state index contributed by atoms with van der Waals surface area (Å²) in [7, 11) is 3.06. The van der Waals surface area contributed by atoms with Gasteiger partial charge in [-0.1, -0.05) is 11.6 Å². The summed E-state index contributed by atoms with van der Waals surface area (Å²) in [6.45, 7) is 2.67. The van der Waals surface area contributed by atoms with Crippen molar-refractivity contribution >= 4 is 40.3 Å². The zero-order valence-corrected chi connectivity index (χ0v) is 20.0. The minimum Gasteiger partial charge on any atom is -0.497 e. The van der Waals surface area contributed by atoms with Crippen LogP contribution in [0, 0.1) is 6.92 Å². The molecule has 3 aromatic rings. The van der Waals surface area contributed by atoms with E-state index in [1.807, 2.05) is 6.20 Å². The molecule has 11 heteroatoms. The van der Waals surface area contributed by atoms with E-state index in [9.17, 15) is 9.59 Å². The van der Waals surface area contributed by atoms with Crippen molar-refractivity contribution in [2.45, 2.75) is 25.8 Å². The van der Waals surface area contributed by atoms with E-state index in [1.54, 1.807) is 18.2 Å². The smallest absolute Gasteiger partial charge is 0.414 e. The molecule has 1 aromatic heterocycles. The van der Waals surface area contributed by atoms with Crippen LogP contribution in [0.2, 0.25) is 0 Å². The van der Waals surface area contributed by atoms with Crippen LogP contribution in [0.15, 0.2) is 42.6 Å². The third kappa shape index (κ3) is 5.99. The van der Waals surface area contributed by atoms with Gasteiger partial charge in [0.05, 0.1) is 32.4 Å². The summed E-state index contributed by atoms with van der Waals surface area (Å²) in [5, 5.41) is 19.2. The zero-order valence-electron chi connectivity index (χ0n) is 20.0. The van der Waals surface area contributed by atoms with Crippen LogP contribution in [0.3, 0.4) is 0 Å². The number of nitrogens with zero attached hydrogens (tertiary/aromatic N) is 1. The minimum absolute atomic E-state index is 0.130. The maximum absolute atomic E-state index is 12.9. The molecule has 0 bridgehead atoms. The topological polar surface area (TPSA) is 158 Å². The Morgan fingerprint density at radius 3 is 2.28 bits per heavy atom. The number of hydrogen-bond acceptors (Lipinski definition) is 7. The summed E-state index contributed by atoms with van der Waals surface area (Å²) in [6, 6.07) is 10.8. The van der Waals surface area contributed by atoms with Gasteiger partial charge in [0, 0.05) is 41.8 Å². The number of carbonyl (C=O) groups is 4. The predicted molar refractivity (Wildman–Crippen MR) is 130 cm³/mol. The number of benzene rings is 2. The molecule has 0 aliphatic carbocycles. The number of carbonyl (C=O) groups excluding carboxylic acids is 2. The third-order valence-electron chi connectivity index (χ3n) is 5.63. The lowest BCUT2D eigenvalue weighted by molar-refractivity contribution is -0.159. The van der Waals surface area contributed by atoms with E-state index in [4.69, 9.17) is 29.3 Å². The summed E-state index contributed by atoms with van der Waals surface area (Å²) in [5.41, 5.74) is 3.95. The number of carboxylic acids is 2. The van der Waals surface area contributed by atoms with Gasteiger partial charge in [-0.2, -0.15) is 0 Å². The van der Waals surface area contributed by atoms with E-state index in [-0.39, 0.29) is 18.2 Å². The van der Waals surface area contributed by atoms with Crippen molar-refractivity contribution in [3.63, 3.8) is 0 Å². The van der Waals surface area contributed by atoms with Crippen molar-refractivity contribution in [2.75, 3.05) is 25.7 Å². The number of anilines is 1. The molecule has 0 saturated carbocycles. The van der Waals surface area contributed by atoms with Crippen LogP contribution in [0.1, 0.15) is 17.5 Å². The summed E-state index contributed by atoms with van der Waals surface area (Å²) in [5.74, 6) is -3.10. The van der Waals surface area contributed by atoms with Crippen molar-refractivity contribution in [1.82, 2.24) is 10.3 Å². The van der Waals surface area contributed by atoms with Gasteiger partial charge in [0.2, 0.25) is 5.91 Å². The second kappa shape index (κ2) is 11.4. The molecule has 2 amide bonds. The molecule has 1 fully saturated rings. The van der Waals surface area contributed by atoms with E-state index < -0.39 is 18.0 Å². The van der Waals surface area contributed by atoms with Gasteiger partial charge in [-0.15, -0.1) is 0 Å². The second-order valence-corrected chi connectivity index (χ2v) is 8.07. The number of aryl methyl sites for hydroxylation is 1. The first-order valence-corrected chi connectivity index (χ1v) is 11.0. The zero-order chi connectivity index (χ0) is 26.4. The van der Waals surface area contributed by atoms with Gasteiger partial charge >= 0.3 is 11.9 Å². The number of H-pyrrole nitrogens is 1. The van der Waals surface area contributed by atoms with Crippen LogP contribution in [0.5, 0.6) is 11.5 Å². The van der Waals surface area contributed by atoms with Gasteiger partial charge in [0.25, 0.3) is 5.91 Å². The molecule has 1 aliphatic rings. The fraction of sp³-hybridized carbons (Fsp3) is 0.280. The number of aliphatic carboxylic acids is 2. The largest absolute Gasteiger partial charge is 0.497 e. The molecular weight excluding hydrogens is 470 g/mol. The lowest BCUT2D eigenvalue weighted by Gasteiger charge is -2.17. The third-order valence-corrected chi connectivity index (χ3v) is 5.63. The molecule has 11 nitrogen and oxygen atoms in total. The lowest BCUT2D eigenvalue weighted by atomic mass is 10.1. The Bertz CT molecular complexity index is 1270. The molecule has 1 aliphatic heterocycles. The summed E-state index contributed by atoms with van der Waals surface area (Å²) in [6.07, 6.45) is 2.89. The Hall–Kier alpha value is -4.38. The number of ether oxygens (including phenoxy) is 2. The first kappa shape index (κ1) is 26.2. The van der Waals surface area contributed by atoms with Crippen LogP contribution < -0.4 is 19.7 Å². The number of rotatable bonds is 7. The van der Waals surface area contributed by atoms with Crippen molar-refractivity contribution in [3.8, 4) is 11.5 Å². The number of aromatic amines is 1. The summed E-state index contributed by atoms with van der Waals surface area (Å²) < 4.78 is 10.5. The highest BCUT2D eigenvalue weighted by Crippen LogP contribution is 2.31. The number of methoxy groups -OCH3 is 2. The van der Waals surface area contributed by atoms with E-state index in [0.29, 0.717) is 23.7 Å². The number of fused-ring (bicyclic) bond motifs is 1. The molecule has 36 heavy (non-hydrogen) atoms. The van der Waals surface area contributed by atoms with Crippen molar-refractivity contribution in [3.05, 3.63) is 53.7 Å². The fourth-order valence-electron chi connectivity index (χ4n) is 3.86. The van der Waals surface area contributed by atoms with E-state index in [0.717, 1.165) is 11.9 Å². The van der Waals surface area contributed by atoms with E-state index in [1.165, 1.54) is 35.6 Å². The molecule has 1 unspecified atom stereocenters. The van der Waals surface area contributed by atoms with Crippen LogP contribution >= 0.6 is 0 Å². The second-order valence-electron chi connectivity index (χ2n) is 8.07. The van der Waals surface area contributed by atoms with Crippen LogP contribution in [-0.2, 0) is 25.6 Å². The maximum atomic E-state index is 12.9. The molecule has 190 valence electrons. The first-order chi connectivity index (χ1) is 17.1. The molecular formula is C25H27N3O8. The van der Waals surface area contributed by atoms with Gasteiger partial charge in [0.1, 0.15) is 11.5 Å². The van der Waals surface area contributed by atoms with Gasteiger partial charge in [-0.25, -0.2) is 14.5 Å². The maximum Gasteiger partial charge on any atom is 0.414 e. The Labute approximate surface area is 206 Å². The van der Waals surface area contributed by atoms with Crippen LogP contribution in [0.25, 0.3) is 10.9 Å².